The minimum Gasteiger partial charge on any atom is -0.383 e. The van der Waals surface area contributed by atoms with E-state index in [-0.39, 0.29) is 28.1 Å². The van der Waals surface area contributed by atoms with Crippen LogP contribution in [0.1, 0.15) is 5.69 Å². The lowest BCUT2D eigenvalue weighted by Crippen LogP contribution is -2.09. The average Bonchev–Trinajstić information content (AvgIpc) is 3.21. The van der Waals surface area contributed by atoms with E-state index in [2.05, 4.69) is 15.2 Å². The van der Waals surface area contributed by atoms with Crippen molar-refractivity contribution in [3.05, 3.63) is 54.0 Å². The molecule has 3 aromatic heterocycles. The fourth-order valence-corrected chi connectivity index (χ4v) is 2.88. The van der Waals surface area contributed by atoms with E-state index in [0.717, 1.165) is 16.9 Å². The molecule has 0 aliphatic rings. The van der Waals surface area contributed by atoms with Crippen molar-refractivity contribution in [2.75, 3.05) is 5.73 Å². The molecule has 144 valence electrons. The van der Waals surface area contributed by atoms with Crippen LogP contribution in [0.2, 0.25) is 0 Å². The molecule has 1 aromatic carbocycles. The first-order valence-electron chi connectivity index (χ1n) is 7.86. The van der Waals surface area contributed by atoms with Crippen LogP contribution in [0.5, 0.6) is 0 Å². The van der Waals surface area contributed by atoms with Crippen molar-refractivity contribution in [2.24, 2.45) is 7.05 Å². The van der Waals surface area contributed by atoms with Crippen LogP contribution in [-0.4, -0.2) is 24.5 Å². The number of halogens is 5. The summed E-state index contributed by atoms with van der Waals surface area (Å²) in [4.78, 5) is 3.77. The SMILES string of the molecule is Cn1ccc(-n2nc(C(F)(F)F)c(-c3cnc4c(F)c(F)ccc4c3)c2N)n1. The highest BCUT2D eigenvalue weighted by Gasteiger charge is 2.40. The Kier molecular flexibility index (Phi) is 3.84. The number of benzene rings is 1. The Morgan fingerprint density at radius 1 is 1.07 bits per heavy atom. The molecule has 0 saturated carbocycles. The van der Waals surface area contributed by atoms with Gasteiger partial charge in [-0.25, -0.2) is 8.78 Å². The van der Waals surface area contributed by atoms with E-state index in [9.17, 15) is 22.0 Å². The van der Waals surface area contributed by atoms with Gasteiger partial charge in [0.15, 0.2) is 23.1 Å². The van der Waals surface area contributed by atoms with E-state index in [1.54, 1.807) is 7.05 Å². The van der Waals surface area contributed by atoms with Gasteiger partial charge in [0.1, 0.15) is 11.3 Å². The maximum atomic E-state index is 13.8. The molecule has 0 atom stereocenters. The first-order valence-corrected chi connectivity index (χ1v) is 7.86. The lowest BCUT2D eigenvalue weighted by molar-refractivity contribution is -0.140. The van der Waals surface area contributed by atoms with Gasteiger partial charge >= 0.3 is 6.18 Å². The third-order valence-electron chi connectivity index (χ3n) is 4.14. The number of nitrogens with two attached hydrogens (primary N) is 1. The fraction of sp³-hybridized carbons (Fsp3) is 0.118. The molecule has 0 saturated heterocycles. The molecule has 0 aliphatic heterocycles. The second kappa shape index (κ2) is 6.01. The number of anilines is 1. The number of hydrogen-bond donors (Lipinski definition) is 1. The summed E-state index contributed by atoms with van der Waals surface area (Å²) in [5.74, 6) is -2.50. The molecule has 11 heteroatoms. The highest BCUT2D eigenvalue weighted by molar-refractivity contribution is 5.87. The van der Waals surface area contributed by atoms with Crippen molar-refractivity contribution < 1.29 is 22.0 Å². The van der Waals surface area contributed by atoms with Crippen molar-refractivity contribution in [3.63, 3.8) is 0 Å². The summed E-state index contributed by atoms with van der Waals surface area (Å²) in [6.45, 7) is 0. The first kappa shape index (κ1) is 17.9. The van der Waals surface area contributed by atoms with Gasteiger partial charge in [-0.1, -0.05) is 0 Å². The van der Waals surface area contributed by atoms with Gasteiger partial charge in [-0.3, -0.25) is 9.67 Å². The standard InChI is InChI=1S/C17H11F5N6/c1-27-5-4-11(25-27)28-16(23)12(15(26-28)17(20,21)22)9-6-8-2-3-10(18)13(19)14(8)24-7-9/h2-7H,23H2,1H3. The second-order valence-electron chi connectivity index (χ2n) is 6.02. The molecule has 3 heterocycles. The van der Waals surface area contributed by atoms with Gasteiger partial charge in [-0.15, -0.1) is 0 Å². The molecule has 0 unspecified atom stereocenters. The molecule has 4 rings (SSSR count). The van der Waals surface area contributed by atoms with Crippen molar-refractivity contribution in [2.45, 2.75) is 6.18 Å². The van der Waals surface area contributed by atoms with Crippen molar-refractivity contribution in [1.82, 2.24) is 24.5 Å². The van der Waals surface area contributed by atoms with Crippen LogP contribution < -0.4 is 5.73 Å². The van der Waals surface area contributed by atoms with E-state index in [0.29, 0.717) is 0 Å². The molecule has 0 aliphatic carbocycles. The molecule has 2 N–H and O–H groups in total. The summed E-state index contributed by atoms with van der Waals surface area (Å²) in [5.41, 5.74) is 3.97. The van der Waals surface area contributed by atoms with Crippen LogP contribution in [0.15, 0.2) is 36.7 Å². The van der Waals surface area contributed by atoms with E-state index in [4.69, 9.17) is 5.73 Å². The predicted molar refractivity (Wildman–Crippen MR) is 90.4 cm³/mol. The van der Waals surface area contributed by atoms with Gasteiger partial charge < -0.3 is 5.73 Å². The lowest BCUT2D eigenvalue weighted by atomic mass is 10.0. The number of nitrogen functional groups attached to an aromatic ring is 1. The van der Waals surface area contributed by atoms with Crippen LogP contribution >= 0.6 is 0 Å². The summed E-state index contributed by atoms with van der Waals surface area (Å²) in [6.07, 6.45) is -2.29. The molecule has 4 aromatic rings. The maximum Gasteiger partial charge on any atom is 0.435 e. The third kappa shape index (κ3) is 2.75. The summed E-state index contributed by atoms with van der Waals surface area (Å²) < 4.78 is 70.2. The fourth-order valence-electron chi connectivity index (χ4n) is 2.88. The normalized spacial score (nSPS) is 12.1. The molecule has 28 heavy (non-hydrogen) atoms. The van der Waals surface area contributed by atoms with Crippen LogP contribution in [0, 0.1) is 11.6 Å². The second-order valence-corrected chi connectivity index (χ2v) is 6.02. The lowest BCUT2D eigenvalue weighted by Gasteiger charge is -2.08. The smallest absolute Gasteiger partial charge is 0.383 e. The van der Waals surface area contributed by atoms with Gasteiger partial charge in [-0.05, 0) is 18.2 Å². The monoisotopic (exact) mass is 394 g/mol. The van der Waals surface area contributed by atoms with Crippen LogP contribution in [0.3, 0.4) is 0 Å². The Hall–Kier alpha value is -3.50. The molecule has 0 fully saturated rings. The van der Waals surface area contributed by atoms with Gasteiger partial charge in [0.2, 0.25) is 0 Å². The Morgan fingerprint density at radius 3 is 2.46 bits per heavy atom. The summed E-state index contributed by atoms with van der Waals surface area (Å²) >= 11 is 0. The molecule has 0 bridgehead atoms. The molecular weight excluding hydrogens is 383 g/mol. The average molecular weight is 394 g/mol. The Labute approximate surface area is 154 Å². The Morgan fingerprint density at radius 2 is 1.82 bits per heavy atom. The summed E-state index contributed by atoms with van der Waals surface area (Å²) in [7, 11) is 1.59. The summed E-state index contributed by atoms with van der Waals surface area (Å²) in [6, 6.07) is 4.78. The number of hydrogen-bond acceptors (Lipinski definition) is 4. The zero-order chi connectivity index (χ0) is 20.2. The van der Waals surface area contributed by atoms with E-state index in [1.165, 1.54) is 29.1 Å². The number of fused-ring (bicyclic) bond motifs is 1. The Bertz CT molecular complexity index is 1210. The van der Waals surface area contributed by atoms with Gasteiger partial charge in [0, 0.05) is 36.5 Å². The topological polar surface area (TPSA) is 74.5 Å². The number of pyridine rings is 1. The minimum absolute atomic E-state index is 0.0366. The Balaban J connectivity index is 1.97. The number of nitrogens with zero attached hydrogens (tertiary/aromatic N) is 5. The zero-order valence-electron chi connectivity index (χ0n) is 14.2. The van der Waals surface area contributed by atoms with Crippen LogP contribution in [0.25, 0.3) is 27.8 Å². The van der Waals surface area contributed by atoms with Gasteiger partial charge in [0.25, 0.3) is 0 Å². The number of aromatic nitrogens is 5. The first-order chi connectivity index (χ1) is 13.2. The molecular formula is C17H11F5N6. The summed E-state index contributed by atoms with van der Waals surface area (Å²) in [5, 5.41) is 7.71. The van der Waals surface area contributed by atoms with Crippen LogP contribution in [-0.2, 0) is 13.2 Å². The van der Waals surface area contributed by atoms with E-state index >= 15 is 0 Å². The van der Waals surface area contributed by atoms with Crippen molar-refractivity contribution in [3.8, 4) is 16.9 Å². The molecule has 0 amide bonds. The highest BCUT2D eigenvalue weighted by atomic mass is 19.4. The molecule has 6 nitrogen and oxygen atoms in total. The van der Waals surface area contributed by atoms with Crippen molar-refractivity contribution >= 4 is 16.7 Å². The van der Waals surface area contributed by atoms with Gasteiger partial charge in [-0.2, -0.15) is 28.1 Å². The van der Waals surface area contributed by atoms with Crippen LogP contribution in [0.4, 0.5) is 27.8 Å². The van der Waals surface area contributed by atoms with Crippen molar-refractivity contribution in [1.29, 1.82) is 0 Å². The highest BCUT2D eigenvalue weighted by Crippen LogP contribution is 2.41. The van der Waals surface area contributed by atoms with Gasteiger partial charge in [0.05, 0.1) is 5.56 Å². The quantitative estimate of drug-likeness (QED) is 0.526. The third-order valence-corrected chi connectivity index (χ3v) is 4.14. The number of rotatable bonds is 2. The molecule has 0 spiro atoms. The number of alkyl halides is 3. The number of aryl methyl sites for hydroxylation is 1. The predicted octanol–water partition coefficient (Wildman–Crippen LogP) is 3.70. The zero-order valence-corrected chi connectivity index (χ0v) is 14.2. The molecule has 0 radical (unpaired) electrons. The minimum atomic E-state index is -4.81. The maximum absolute atomic E-state index is 13.8. The van der Waals surface area contributed by atoms with E-state index < -0.39 is 29.1 Å². The van der Waals surface area contributed by atoms with E-state index in [1.807, 2.05) is 0 Å². The largest absolute Gasteiger partial charge is 0.435 e.